The van der Waals surface area contributed by atoms with Gasteiger partial charge in [0.2, 0.25) is 0 Å². The van der Waals surface area contributed by atoms with Gasteiger partial charge in [0.05, 0.1) is 48.0 Å². The van der Waals surface area contributed by atoms with Crippen LogP contribution >= 0.6 is 0 Å². The number of benzene rings is 2. The second kappa shape index (κ2) is 10.6. The molecule has 0 radical (unpaired) electrons. The highest BCUT2D eigenvalue weighted by molar-refractivity contribution is 5.65. The van der Waals surface area contributed by atoms with Crippen molar-refractivity contribution < 1.29 is 19.3 Å². The standard InChI is InChI=1S/C10H11N3O5.C10H15N3O/c14-12(15)9-5-8(6-10(7-9)13(16)17)11-1-3-18-4-2-11;11-8-5-9(12)7-10(6-8)13-1-3-14-4-2-13/h5-7H,1-4H2;5-7H,1-4,11-12H2. The van der Waals surface area contributed by atoms with Crippen molar-refractivity contribution in [3.8, 4) is 0 Å². The van der Waals surface area contributed by atoms with Gasteiger partial charge in [-0.2, -0.15) is 0 Å². The van der Waals surface area contributed by atoms with E-state index in [9.17, 15) is 20.2 Å². The number of morpholine rings is 2. The molecule has 2 heterocycles. The third kappa shape index (κ3) is 6.18. The molecule has 4 rings (SSSR count). The molecule has 0 aliphatic carbocycles. The van der Waals surface area contributed by atoms with E-state index in [0.717, 1.165) is 38.1 Å². The van der Waals surface area contributed by atoms with Gasteiger partial charge in [0.15, 0.2) is 0 Å². The van der Waals surface area contributed by atoms with Gasteiger partial charge in [0, 0.05) is 55.4 Å². The zero-order valence-electron chi connectivity index (χ0n) is 17.5. The van der Waals surface area contributed by atoms with Crippen molar-refractivity contribution in [2.75, 3.05) is 73.9 Å². The van der Waals surface area contributed by atoms with E-state index in [-0.39, 0.29) is 11.4 Å². The molecule has 2 aromatic carbocycles. The van der Waals surface area contributed by atoms with E-state index in [1.165, 1.54) is 12.1 Å². The maximum absolute atomic E-state index is 10.8. The lowest BCUT2D eigenvalue weighted by Crippen LogP contribution is -2.36. The molecule has 2 aliphatic rings. The lowest BCUT2D eigenvalue weighted by Gasteiger charge is -2.29. The summed E-state index contributed by atoms with van der Waals surface area (Å²) in [5.74, 6) is 0. The number of nitrogens with two attached hydrogens (primary N) is 2. The van der Waals surface area contributed by atoms with E-state index in [0.29, 0.717) is 43.4 Å². The van der Waals surface area contributed by atoms with Crippen LogP contribution in [0.1, 0.15) is 0 Å². The van der Waals surface area contributed by atoms with Crippen LogP contribution in [0.15, 0.2) is 36.4 Å². The van der Waals surface area contributed by atoms with Gasteiger partial charge in [-0.05, 0) is 18.2 Å². The summed E-state index contributed by atoms with van der Waals surface area (Å²) in [6, 6.07) is 9.31. The summed E-state index contributed by atoms with van der Waals surface area (Å²) >= 11 is 0. The number of rotatable bonds is 4. The first-order valence-electron chi connectivity index (χ1n) is 10.1. The molecule has 2 fully saturated rings. The van der Waals surface area contributed by atoms with Crippen LogP contribution in [-0.2, 0) is 9.47 Å². The van der Waals surface area contributed by atoms with Crippen molar-refractivity contribution in [1.82, 2.24) is 0 Å². The molecule has 0 unspecified atom stereocenters. The van der Waals surface area contributed by atoms with Crippen LogP contribution in [0.4, 0.5) is 34.1 Å². The predicted molar refractivity (Wildman–Crippen MR) is 121 cm³/mol. The minimum absolute atomic E-state index is 0.273. The Kier molecular flexibility index (Phi) is 7.63. The monoisotopic (exact) mass is 446 g/mol. The van der Waals surface area contributed by atoms with Crippen LogP contribution in [-0.4, -0.2) is 62.5 Å². The number of hydrogen-bond acceptors (Lipinski definition) is 10. The molecule has 0 atom stereocenters. The Hall–Kier alpha value is -3.64. The second-order valence-corrected chi connectivity index (χ2v) is 7.28. The average molecular weight is 446 g/mol. The number of nitrogen functional groups attached to an aromatic ring is 2. The maximum atomic E-state index is 10.8. The fraction of sp³-hybridized carbons (Fsp3) is 0.400. The SMILES string of the molecule is Nc1cc(N)cc(N2CCOCC2)c1.O=[N+]([O-])c1cc(N2CCOCC2)cc([N+](=O)[O-])c1. The Morgan fingerprint density at radius 2 is 1.03 bits per heavy atom. The van der Waals surface area contributed by atoms with Gasteiger partial charge >= 0.3 is 0 Å². The Bertz CT molecular complexity index is 907. The molecule has 12 nitrogen and oxygen atoms in total. The van der Waals surface area contributed by atoms with Crippen LogP contribution < -0.4 is 21.3 Å². The molecule has 0 bridgehead atoms. The first kappa shape index (κ1) is 23.0. The number of nitro benzene ring substituents is 2. The zero-order chi connectivity index (χ0) is 23.1. The molecule has 2 aliphatic heterocycles. The Labute approximate surface area is 184 Å². The summed E-state index contributed by atoms with van der Waals surface area (Å²) in [7, 11) is 0. The Morgan fingerprint density at radius 1 is 0.656 bits per heavy atom. The molecule has 0 amide bonds. The topological polar surface area (TPSA) is 163 Å². The zero-order valence-corrected chi connectivity index (χ0v) is 17.5. The first-order chi connectivity index (χ1) is 15.3. The molecule has 172 valence electrons. The van der Waals surface area contributed by atoms with Gasteiger partial charge in [-0.15, -0.1) is 0 Å². The van der Waals surface area contributed by atoms with Crippen molar-refractivity contribution in [2.24, 2.45) is 0 Å². The van der Waals surface area contributed by atoms with Crippen molar-refractivity contribution >= 4 is 34.1 Å². The summed E-state index contributed by atoms with van der Waals surface area (Å²) in [5, 5.41) is 21.5. The third-order valence-corrected chi connectivity index (χ3v) is 5.02. The molecule has 0 aromatic heterocycles. The Balaban J connectivity index is 0.000000186. The normalized spacial score (nSPS) is 16.1. The van der Waals surface area contributed by atoms with Gasteiger partial charge in [0.25, 0.3) is 11.4 Å². The summed E-state index contributed by atoms with van der Waals surface area (Å²) in [5.41, 5.74) is 13.9. The van der Waals surface area contributed by atoms with E-state index in [1.54, 1.807) is 6.07 Å². The molecule has 0 saturated carbocycles. The molecule has 0 spiro atoms. The van der Waals surface area contributed by atoms with Crippen molar-refractivity contribution in [1.29, 1.82) is 0 Å². The minimum atomic E-state index is -0.628. The molecule has 32 heavy (non-hydrogen) atoms. The van der Waals surface area contributed by atoms with Crippen LogP contribution in [0.2, 0.25) is 0 Å². The summed E-state index contributed by atoms with van der Waals surface area (Å²) in [4.78, 5) is 24.3. The van der Waals surface area contributed by atoms with Crippen LogP contribution in [0, 0.1) is 20.2 Å². The van der Waals surface area contributed by atoms with Crippen molar-refractivity contribution in [2.45, 2.75) is 0 Å². The molecular weight excluding hydrogens is 420 g/mol. The quantitative estimate of drug-likeness (QED) is 0.403. The molecule has 2 aromatic rings. The van der Waals surface area contributed by atoms with E-state index in [1.807, 2.05) is 17.0 Å². The molecule has 4 N–H and O–H groups in total. The summed E-state index contributed by atoms with van der Waals surface area (Å²) in [6.07, 6.45) is 0. The second-order valence-electron chi connectivity index (χ2n) is 7.28. The summed E-state index contributed by atoms with van der Waals surface area (Å²) in [6.45, 7) is 5.51. The molecule has 2 saturated heterocycles. The van der Waals surface area contributed by atoms with Crippen molar-refractivity contribution in [3.05, 3.63) is 56.6 Å². The molecule has 12 heteroatoms. The lowest BCUT2D eigenvalue weighted by molar-refractivity contribution is -0.394. The van der Waals surface area contributed by atoms with Gasteiger partial charge < -0.3 is 30.7 Å². The van der Waals surface area contributed by atoms with Crippen LogP contribution in [0.3, 0.4) is 0 Å². The van der Waals surface area contributed by atoms with Gasteiger partial charge in [-0.25, -0.2) is 0 Å². The van der Waals surface area contributed by atoms with E-state index >= 15 is 0 Å². The number of non-ortho nitro benzene ring substituents is 2. The third-order valence-electron chi connectivity index (χ3n) is 5.02. The largest absolute Gasteiger partial charge is 0.399 e. The maximum Gasteiger partial charge on any atom is 0.278 e. The number of nitrogens with zero attached hydrogens (tertiary/aromatic N) is 4. The van der Waals surface area contributed by atoms with E-state index in [4.69, 9.17) is 20.9 Å². The van der Waals surface area contributed by atoms with Crippen molar-refractivity contribution in [3.63, 3.8) is 0 Å². The van der Waals surface area contributed by atoms with Gasteiger partial charge in [-0.1, -0.05) is 0 Å². The minimum Gasteiger partial charge on any atom is -0.399 e. The van der Waals surface area contributed by atoms with Crippen LogP contribution in [0.5, 0.6) is 0 Å². The van der Waals surface area contributed by atoms with E-state index < -0.39 is 9.85 Å². The number of hydrogen-bond donors (Lipinski definition) is 2. The average Bonchev–Trinajstić information content (AvgIpc) is 2.79. The van der Waals surface area contributed by atoms with Gasteiger partial charge in [0.1, 0.15) is 0 Å². The fourth-order valence-electron chi connectivity index (χ4n) is 3.46. The highest BCUT2D eigenvalue weighted by Crippen LogP contribution is 2.28. The van der Waals surface area contributed by atoms with Gasteiger partial charge in [-0.3, -0.25) is 20.2 Å². The highest BCUT2D eigenvalue weighted by atomic mass is 16.6. The first-order valence-corrected chi connectivity index (χ1v) is 10.1. The lowest BCUT2D eigenvalue weighted by atomic mass is 10.2. The molecular formula is C20H26N6O6. The Morgan fingerprint density at radius 3 is 1.41 bits per heavy atom. The number of anilines is 4. The fourth-order valence-corrected chi connectivity index (χ4v) is 3.46. The summed E-state index contributed by atoms with van der Waals surface area (Å²) < 4.78 is 10.4. The predicted octanol–water partition coefficient (Wildman–Crippen LogP) is 2.03. The number of ether oxygens (including phenoxy) is 2. The highest BCUT2D eigenvalue weighted by Gasteiger charge is 2.20. The number of nitro groups is 2. The smallest absolute Gasteiger partial charge is 0.278 e. The van der Waals surface area contributed by atoms with E-state index in [2.05, 4.69) is 4.90 Å². The van der Waals surface area contributed by atoms with Crippen LogP contribution in [0.25, 0.3) is 0 Å².